The second-order valence-corrected chi connectivity index (χ2v) is 7.40. The van der Waals surface area contributed by atoms with Crippen molar-refractivity contribution in [3.05, 3.63) is 60.0 Å². The molecule has 1 aliphatic heterocycles. The number of hydrogen-bond acceptors (Lipinski definition) is 6. The Kier molecular flexibility index (Phi) is 5.36. The molecule has 0 spiro atoms. The van der Waals surface area contributed by atoms with Crippen LogP contribution in [0.4, 0.5) is 10.6 Å². The summed E-state index contributed by atoms with van der Waals surface area (Å²) >= 11 is 1.73. The smallest absolute Gasteiger partial charge is 0.322 e. The van der Waals surface area contributed by atoms with Crippen molar-refractivity contribution >= 4 is 23.2 Å². The van der Waals surface area contributed by atoms with Crippen LogP contribution in [0.1, 0.15) is 4.88 Å². The summed E-state index contributed by atoms with van der Waals surface area (Å²) in [5.74, 6) is 0.475. The highest BCUT2D eigenvalue weighted by Crippen LogP contribution is 2.25. The molecule has 8 heteroatoms. The quantitative estimate of drug-likeness (QED) is 0.753. The van der Waals surface area contributed by atoms with Gasteiger partial charge >= 0.3 is 6.03 Å². The summed E-state index contributed by atoms with van der Waals surface area (Å²) < 4.78 is 0. The number of benzene rings is 1. The summed E-state index contributed by atoms with van der Waals surface area (Å²) in [6, 6.07) is 10.1. The van der Waals surface area contributed by atoms with Gasteiger partial charge < -0.3 is 4.90 Å². The number of nitrogens with zero attached hydrogens (tertiary/aromatic N) is 5. The molecule has 138 valence electrons. The molecular formula is C19H20N6OS. The highest BCUT2D eigenvalue weighted by Gasteiger charge is 2.22. The summed E-state index contributed by atoms with van der Waals surface area (Å²) in [6.07, 6.45) is 6.64. The van der Waals surface area contributed by atoms with Crippen molar-refractivity contribution in [2.24, 2.45) is 0 Å². The Bertz CT molecular complexity index is 877. The number of thiazole rings is 1. The lowest BCUT2D eigenvalue weighted by atomic mass is 10.2. The fourth-order valence-corrected chi connectivity index (χ4v) is 3.94. The van der Waals surface area contributed by atoms with E-state index in [1.807, 2.05) is 29.3 Å². The Morgan fingerprint density at radius 1 is 1.04 bits per heavy atom. The molecule has 3 heterocycles. The average molecular weight is 380 g/mol. The maximum Gasteiger partial charge on any atom is 0.323 e. The van der Waals surface area contributed by atoms with E-state index in [-0.39, 0.29) is 6.03 Å². The van der Waals surface area contributed by atoms with Gasteiger partial charge in [0.15, 0.2) is 5.82 Å². The van der Waals surface area contributed by atoms with E-state index in [2.05, 4.69) is 37.3 Å². The van der Waals surface area contributed by atoms with Gasteiger partial charge in [-0.05, 0) is 0 Å². The molecule has 7 nitrogen and oxygen atoms in total. The maximum atomic E-state index is 12.3. The first kappa shape index (κ1) is 17.6. The third kappa shape index (κ3) is 4.47. The van der Waals surface area contributed by atoms with Crippen LogP contribution in [-0.2, 0) is 6.54 Å². The van der Waals surface area contributed by atoms with Crippen LogP contribution in [0.5, 0.6) is 0 Å². The maximum absolute atomic E-state index is 12.3. The first-order chi connectivity index (χ1) is 13.3. The van der Waals surface area contributed by atoms with E-state index < -0.39 is 0 Å². The number of carbonyl (C=O) groups is 1. The van der Waals surface area contributed by atoms with Gasteiger partial charge in [-0.15, -0.1) is 11.3 Å². The average Bonchev–Trinajstić information content (AvgIpc) is 3.18. The molecule has 4 rings (SSSR count). The summed E-state index contributed by atoms with van der Waals surface area (Å²) in [6.45, 7) is 3.93. The second kappa shape index (κ2) is 8.24. The van der Waals surface area contributed by atoms with Gasteiger partial charge in [-0.2, -0.15) is 0 Å². The Morgan fingerprint density at radius 3 is 2.59 bits per heavy atom. The lowest BCUT2D eigenvalue weighted by Gasteiger charge is -2.34. The Morgan fingerprint density at radius 2 is 1.85 bits per heavy atom. The minimum Gasteiger partial charge on any atom is -0.322 e. The summed E-state index contributed by atoms with van der Waals surface area (Å²) in [7, 11) is 0. The van der Waals surface area contributed by atoms with Crippen molar-refractivity contribution in [2.45, 2.75) is 6.54 Å². The van der Waals surface area contributed by atoms with Gasteiger partial charge in [0.25, 0.3) is 0 Å². The molecule has 0 atom stereocenters. The molecule has 1 fully saturated rings. The third-order valence-electron chi connectivity index (χ3n) is 4.41. The van der Waals surface area contributed by atoms with Gasteiger partial charge in [-0.1, -0.05) is 30.3 Å². The van der Waals surface area contributed by atoms with Crippen LogP contribution in [0, 0.1) is 0 Å². The van der Waals surface area contributed by atoms with E-state index >= 15 is 0 Å². The van der Waals surface area contributed by atoms with E-state index in [0.717, 1.165) is 30.2 Å². The molecular weight excluding hydrogens is 360 g/mol. The summed E-state index contributed by atoms with van der Waals surface area (Å²) in [5, 5.41) is 3.83. The number of hydrogen-bond donors (Lipinski definition) is 1. The highest BCUT2D eigenvalue weighted by atomic mass is 32.1. The zero-order valence-corrected chi connectivity index (χ0v) is 15.6. The van der Waals surface area contributed by atoms with Crippen LogP contribution >= 0.6 is 11.3 Å². The first-order valence-electron chi connectivity index (χ1n) is 8.82. The van der Waals surface area contributed by atoms with E-state index in [0.29, 0.717) is 18.9 Å². The number of anilines is 1. The normalized spacial score (nSPS) is 14.9. The predicted molar refractivity (Wildman–Crippen MR) is 105 cm³/mol. The van der Waals surface area contributed by atoms with Crippen molar-refractivity contribution in [1.29, 1.82) is 0 Å². The van der Waals surface area contributed by atoms with E-state index in [4.69, 9.17) is 0 Å². The molecule has 2 aromatic heterocycles. The topological polar surface area (TPSA) is 74.2 Å². The fourth-order valence-electron chi connectivity index (χ4n) is 2.98. The second-order valence-electron chi connectivity index (χ2n) is 6.28. The van der Waals surface area contributed by atoms with Crippen molar-refractivity contribution in [1.82, 2.24) is 24.8 Å². The zero-order chi connectivity index (χ0) is 18.5. The van der Waals surface area contributed by atoms with E-state index in [1.165, 1.54) is 4.88 Å². The molecule has 3 aromatic rings. The molecule has 0 radical (unpaired) electrons. The number of piperazine rings is 1. The lowest BCUT2D eigenvalue weighted by Crippen LogP contribution is -2.49. The molecule has 1 saturated heterocycles. The van der Waals surface area contributed by atoms with Crippen LogP contribution in [0.15, 0.2) is 55.1 Å². The Labute approximate surface area is 161 Å². The first-order valence-corrected chi connectivity index (χ1v) is 9.64. The van der Waals surface area contributed by atoms with Gasteiger partial charge in [0, 0.05) is 61.8 Å². The number of amides is 2. The van der Waals surface area contributed by atoms with Crippen LogP contribution < -0.4 is 5.32 Å². The van der Waals surface area contributed by atoms with Crippen LogP contribution in [0.25, 0.3) is 10.6 Å². The number of carbonyl (C=O) groups excluding carboxylic acids is 1. The highest BCUT2D eigenvalue weighted by molar-refractivity contribution is 7.15. The largest absolute Gasteiger partial charge is 0.323 e. The SMILES string of the molecule is O=C(Nc1cnccn1)N1CCN(Cc2cnc(-c3ccccc3)s2)CC1. The monoisotopic (exact) mass is 380 g/mol. The summed E-state index contributed by atoms with van der Waals surface area (Å²) in [5.41, 5.74) is 1.15. The van der Waals surface area contributed by atoms with Gasteiger partial charge in [0.2, 0.25) is 0 Å². The van der Waals surface area contributed by atoms with Gasteiger partial charge in [0.1, 0.15) is 5.01 Å². The van der Waals surface area contributed by atoms with Crippen molar-refractivity contribution in [3.8, 4) is 10.6 Å². The van der Waals surface area contributed by atoms with Crippen molar-refractivity contribution < 1.29 is 4.79 Å². The Balaban J connectivity index is 1.28. The summed E-state index contributed by atoms with van der Waals surface area (Å²) in [4.78, 5) is 30.3. The number of aromatic nitrogens is 3. The predicted octanol–water partition coefficient (Wildman–Crippen LogP) is 2.95. The minimum atomic E-state index is -0.126. The van der Waals surface area contributed by atoms with E-state index in [1.54, 1.807) is 29.9 Å². The Hall–Kier alpha value is -2.84. The molecule has 1 aliphatic rings. The number of urea groups is 1. The van der Waals surface area contributed by atoms with Crippen LogP contribution in [-0.4, -0.2) is 57.0 Å². The van der Waals surface area contributed by atoms with E-state index in [9.17, 15) is 4.79 Å². The van der Waals surface area contributed by atoms with Crippen LogP contribution in [0.2, 0.25) is 0 Å². The van der Waals surface area contributed by atoms with Crippen LogP contribution in [0.3, 0.4) is 0 Å². The number of rotatable bonds is 4. The fraction of sp³-hybridized carbons (Fsp3) is 0.263. The molecule has 2 amide bonds. The molecule has 27 heavy (non-hydrogen) atoms. The molecule has 1 N–H and O–H groups in total. The molecule has 0 unspecified atom stereocenters. The molecule has 0 aliphatic carbocycles. The minimum absolute atomic E-state index is 0.126. The molecule has 0 saturated carbocycles. The lowest BCUT2D eigenvalue weighted by molar-refractivity contribution is 0.143. The van der Waals surface area contributed by atoms with Crippen molar-refractivity contribution in [3.63, 3.8) is 0 Å². The van der Waals surface area contributed by atoms with Gasteiger partial charge in [0.05, 0.1) is 6.20 Å². The third-order valence-corrected chi connectivity index (χ3v) is 5.44. The van der Waals surface area contributed by atoms with Crippen molar-refractivity contribution in [2.75, 3.05) is 31.5 Å². The van der Waals surface area contributed by atoms with Gasteiger partial charge in [-0.25, -0.2) is 14.8 Å². The van der Waals surface area contributed by atoms with Gasteiger partial charge in [-0.3, -0.25) is 15.2 Å². The zero-order valence-electron chi connectivity index (χ0n) is 14.8. The molecule has 1 aromatic carbocycles. The molecule has 0 bridgehead atoms. The standard InChI is InChI=1S/C19H20N6OS/c26-19(23-17-13-20-6-7-21-17)25-10-8-24(9-11-25)14-16-12-22-18(27-16)15-4-2-1-3-5-15/h1-7,12-13H,8-11,14H2,(H,21,23,26). The number of nitrogens with one attached hydrogen (secondary N) is 1.